The lowest BCUT2D eigenvalue weighted by molar-refractivity contribution is -0.134. The first kappa shape index (κ1) is 21.2. The van der Waals surface area contributed by atoms with E-state index in [9.17, 15) is 4.79 Å². The number of aromatic nitrogens is 1. The van der Waals surface area contributed by atoms with Crippen LogP contribution < -0.4 is 9.47 Å². The zero-order valence-electron chi connectivity index (χ0n) is 16.3. The minimum Gasteiger partial charge on any atom is -0.493 e. The summed E-state index contributed by atoms with van der Waals surface area (Å²) in [6, 6.07) is 13.0. The van der Waals surface area contributed by atoms with Crippen LogP contribution >= 0.6 is 35.1 Å². The molecule has 3 aromatic rings. The Bertz CT molecular complexity index is 1020. The van der Waals surface area contributed by atoms with Crippen molar-refractivity contribution >= 4 is 41.1 Å². The van der Waals surface area contributed by atoms with E-state index in [1.807, 2.05) is 47.8 Å². The van der Waals surface area contributed by atoms with Crippen LogP contribution in [0.5, 0.6) is 11.5 Å². The fourth-order valence-electron chi connectivity index (χ4n) is 3.02. The lowest BCUT2D eigenvalue weighted by Gasteiger charge is -2.13. The molecule has 8 heteroatoms. The number of carbonyl (C=O) groups is 1. The third-order valence-electron chi connectivity index (χ3n) is 4.53. The van der Waals surface area contributed by atoms with Crippen molar-refractivity contribution in [3.05, 3.63) is 65.1 Å². The van der Waals surface area contributed by atoms with Gasteiger partial charge in [0.05, 0.1) is 24.3 Å². The third-order valence-corrected chi connectivity index (χ3v) is 7.89. The van der Waals surface area contributed by atoms with Crippen molar-refractivity contribution in [2.75, 3.05) is 18.6 Å². The molecule has 30 heavy (non-hydrogen) atoms. The second kappa shape index (κ2) is 9.81. The van der Waals surface area contributed by atoms with Crippen molar-refractivity contribution in [1.82, 2.24) is 4.98 Å². The van der Waals surface area contributed by atoms with Crippen molar-refractivity contribution in [2.45, 2.75) is 17.4 Å². The zero-order chi connectivity index (χ0) is 20.9. The maximum absolute atomic E-state index is 12.3. The monoisotopic (exact) mass is 461 g/mol. The van der Waals surface area contributed by atoms with E-state index in [1.165, 1.54) is 5.56 Å². The van der Waals surface area contributed by atoms with Crippen LogP contribution in [0.2, 0.25) is 5.02 Å². The van der Waals surface area contributed by atoms with Crippen LogP contribution in [-0.2, 0) is 11.2 Å². The van der Waals surface area contributed by atoms with Gasteiger partial charge in [-0.1, -0.05) is 17.7 Å². The molecule has 0 bridgehead atoms. The molecular weight excluding hydrogens is 442 g/mol. The SMILES string of the molecule is COc1cc(C2SCCS2)ccc1OC(=O)CCc1ncc(-c2ccc(Cl)cc2)o1. The van der Waals surface area contributed by atoms with Crippen molar-refractivity contribution in [1.29, 1.82) is 0 Å². The van der Waals surface area contributed by atoms with Gasteiger partial charge in [0, 0.05) is 28.5 Å². The number of aryl methyl sites for hydroxylation is 1. The topological polar surface area (TPSA) is 61.6 Å². The number of halogens is 1. The molecule has 0 radical (unpaired) electrons. The molecule has 2 aromatic carbocycles. The molecule has 5 nitrogen and oxygen atoms in total. The van der Waals surface area contributed by atoms with Gasteiger partial charge in [-0.05, 0) is 42.0 Å². The highest BCUT2D eigenvalue weighted by Crippen LogP contribution is 2.47. The smallest absolute Gasteiger partial charge is 0.311 e. The van der Waals surface area contributed by atoms with Gasteiger partial charge in [-0.15, -0.1) is 23.5 Å². The number of esters is 1. The Labute approximate surface area is 188 Å². The van der Waals surface area contributed by atoms with E-state index in [1.54, 1.807) is 31.5 Å². The highest BCUT2D eigenvalue weighted by atomic mass is 35.5. The van der Waals surface area contributed by atoms with E-state index in [0.717, 1.165) is 17.1 Å². The predicted molar refractivity (Wildman–Crippen MR) is 122 cm³/mol. The lowest BCUT2D eigenvalue weighted by atomic mass is 10.2. The molecule has 1 saturated heterocycles. The lowest BCUT2D eigenvalue weighted by Crippen LogP contribution is -2.10. The quantitative estimate of drug-likeness (QED) is 0.315. The highest BCUT2D eigenvalue weighted by Gasteiger charge is 2.20. The number of nitrogens with zero attached hydrogens (tertiary/aromatic N) is 1. The number of benzene rings is 2. The number of hydrogen-bond donors (Lipinski definition) is 0. The molecule has 1 aliphatic rings. The standard InChI is InChI=1S/C22H20ClNO4S2/c1-26-18-12-15(22-29-10-11-30-22)4-7-17(18)28-21(25)9-8-20-24-13-19(27-20)14-2-5-16(23)6-3-14/h2-7,12-13,22H,8-11H2,1H3. The van der Waals surface area contributed by atoms with Crippen LogP contribution in [0.4, 0.5) is 0 Å². The number of oxazole rings is 1. The van der Waals surface area contributed by atoms with Gasteiger partial charge in [-0.3, -0.25) is 4.79 Å². The summed E-state index contributed by atoms with van der Waals surface area (Å²) < 4.78 is 17.1. The Balaban J connectivity index is 1.35. The highest BCUT2D eigenvalue weighted by molar-refractivity contribution is 8.19. The Morgan fingerprint density at radius 2 is 1.93 bits per heavy atom. The van der Waals surface area contributed by atoms with Crippen LogP contribution in [0, 0.1) is 0 Å². The van der Waals surface area contributed by atoms with Crippen LogP contribution in [0.3, 0.4) is 0 Å². The summed E-state index contributed by atoms with van der Waals surface area (Å²) in [7, 11) is 1.58. The van der Waals surface area contributed by atoms with Crippen LogP contribution in [-0.4, -0.2) is 29.6 Å². The summed E-state index contributed by atoms with van der Waals surface area (Å²) in [6.07, 6.45) is 2.15. The van der Waals surface area contributed by atoms with E-state index in [4.69, 9.17) is 25.5 Å². The van der Waals surface area contributed by atoms with Gasteiger partial charge >= 0.3 is 5.97 Å². The Kier molecular flexibility index (Phi) is 6.92. The van der Waals surface area contributed by atoms with Crippen LogP contribution in [0.25, 0.3) is 11.3 Å². The molecule has 1 fully saturated rings. The van der Waals surface area contributed by atoms with Crippen molar-refractivity contribution < 1.29 is 18.7 Å². The van der Waals surface area contributed by atoms with E-state index in [0.29, 0.717) is 39.2 Å². The molecule has 0 aliphatic carbocycles. The molecule has 0 saturated carbocycles. The molecule has 0 unspecified atom stereocenters. The Morgan fingerprint density at radius 3 is 2.67 bits per heavy atom. The summed E-state index contributed by atoms with van der Waals surface area (Å²) >= 11 is 9.74. The molecule has 156 valence electrons. The van der Waals surface area contributed by atoms with Gasteiger partial charge in [0.15, 0.2) is 23.1 Å². The summed E-state index contributed by atoms with van der Waals surface area (Å²) in [6.45, 7) is 0. The number of carbonyl (C=O) groups excluding carboxylic acids is 1. The maximum atomic E-state index is 12.3. The number of hydrogen-bond acceptors (Lipinski definition) is 7. The largest absolute Gasteiger partial charge is 0.493 e. The number of thioether (sulfide) groups is 2. The fraction of sp³-hybridized carbons (Fsp3) is 0.273. The van der Waals surface area contributed by atoms with Gasteiger partial charge in [-0.2, -0.15) is 0 Å². The Morgan fingerprint density at radius 1 is 1.17 bits per heavy atom. The van der Waals surface area contributed by atoms with E-state index in [-0.39, 0.29) is 12.4 Å². The molecule has 0 amide bonds. The van der Waals surface area contributed by atoms with E-state index < -0.39 is 0 Å². The fourth-order valence-corrected chi connectivity index (χ4v) is 5.99. The molecule has 1 aromatic heterocycles. The zero-order valence-corrected chi connectivity index (χ0v) is 18.7. The predicted octanol–water partition coefficient (Wildman–Crippen LogP) is 6.02. The second-order valence-corrected chi connectivity index (χ2v) is 9.74. The summed E-state index contributed by atoms with van der Waals surface area (Å²) in [5.41, 5.74) is 2.05. The number of ether oxygens (including phenoxy) is 2. The second-order valence-electron chi connectivity index (χ2n) is 6.58. The van der Waals surface area contributed by atoms with Crippen LogP contribution in [0.1, 0.15) is 22.5 Å². The first-order chi connectivity index (χ1) is 14.6. The number of methoxy groups -OCH3 is 1. The molecule has 0 N–H and O–H groups in total. The van der Waals surface area contributed by atoms with Crippen molar-refractivity contribution in [2.24, 2.45) is 0 Å². The van der Waals surface area contributed by atoms with Gasteiger partial charge in [0.2, 0.25) is 0 Å². The molecular formula is C22H20ClNO4S2. The van der Waals surface area contributed by atoms with Gasteiger partial charge < -0.3 is 13.9 Å². The Hall–Kier alpha value is -2.09. The summed E-state index contributed by atoms with van der Waals surface area (Å²) in [5, 5.41) is 0.658. The first-order valence-corrected chi connectivity index (χ1v) is 11.9. The summed E-state index contributed by atoms with van der Waals surface area (Å²) in [5.74, 6) is 4.04. The third kappa shape index (κ3) is 5.14. The average Bonchev–Trinajstić information content (AvgIpc) is 3.45. The van der Waals surface area contributed by atoms with Gasteiger partial charge in [-0.25, -0.2) is 4.98 Å². The molecule has 0 spiro atoms. The van der Waals surface area contributed by atoms with E-state index in [2.05, 4.69) is 4.98 Å². The molecule has 2 heterocycles. The van der Waals surface area contributed by atoms with Crippen molar-refractivity contribution in [3.63, 3.8) is 0 Å². The normalized spacial score (nSPS) is 14.1. The van der Waals surface area contributed by atoms with Gasteiger partial charge in [0.25, 0.3) is 0 Å². The summed E-state index contributed by atoms with van der Waals surface area (Å²) in [4.78, 5) is 16.6. The minimum atomic E-state index is -0.364. The minimum absolute atomic E-state index is 0.153. The maximum Gasteiger partial charge on any atom is 0.311 e. The molecule has 1 aliphatic heterocycles. The van der Waals surface area contributed by atoms with Crippen molar-refractivity contribution in [3.8, 4) is 22.8 Å². The first-order valence-electron chi connectivity index (χ1n) is 9.45. The van der Waals surface area contributed by atoms with Crippen LogP contribution in [0.15, 0.2) is 53.1 Å². The van der Waals surface area contributed by atoms with Gasteiger partial charge in [0.1, 0.15) is 0 Å². The van der Waals surface area contributed by atoms with E-state index >= 15 is 0 Å². The molecule has 0 atom stereocenters. The number of rotatable bonds is 7. The molecule has 4 rings (SSSR count). The average molecular weight is 462 g/mol.